The monoisotopic (exact) mass is 493 g/mol. The van der Waals surface area contributed by atoms with E-state index in [0.717, 1.165) is 49.7 Å². The highest BCUT2D eigenvalue weighted by molar-refractivity contribution is 7.99. The van der Waals surface area contributed by atoms with Crippen molar-refractivity contribution in [2.24, 2.45) is 11.3 Å². The van der Waals surface area contributed by atoms with Crippen molar-refractivity contribution in [1.29, 1.82) is 0 Å². The minimum atomic E-state index is -0.320. The van der Waals surface area contributed by atoms with E-state index in [0.29, 0.717) is 40.8 Å². The molecule has 3 saturated heterocycles. The first kappa shape index (κ1) is 23.1. The van der Waals surface area contributed by atoms with Gasteiger partial charge in [-0.25, -0.2) is 15.0 Å². The van der Waals surface area contributed by atoms with Crippen LogP contribution >= 0.6 is 23.4 Å². The predicted octanol–water partition coefficient (Wildman–Crippen LogP) is 3.97. The maximum absolute atomic E-state index is 12.8. The Morgan fingerprint density at radius 1 is 1.24 bits per heavy atom. The third-order valence-corrected chi connectivity index (χ3v) is 8.44. The number of anilines is 2. The van der Waals surface area contributed by atoms with E-state index in [1.54, 1.807) is 12.4 Å². The molecule has 3 aliphatic heterocycles. The van der Waals surface area contributed by atoms with Crippen molar-refractivity contribution in [3.63, 3.8) is 0 Å². The zero-order chi connectivity index (χ0) is 23.0. The van der Waals surface area contributed by atoms with Crippen LogP contribution in [0.25, 0.3) is 0 Å². The molecule has 0 unspecified atom stereocenters. The normalized spacial score (nSPS) is 22.7. The molecule has 1 N–H and O–H groups in total. The van der Waals surface area contributed by atoms with Gasteiger partial charge >= 0.3 is 0 Å². The van der Waals surface area contributed by atoms with Gasteiger partial charge < -0.3 is 19.6 Å². The molecule has 0 aliphatic carbocycles. The lowest BCUT2D eigenvalue weighted by Gasteiger charge is -2.39. The van der Waals surface area contributed by atoms with Crippen molar-refractivity contribution in [3.05, 3.63) is 29.2 Å². The number of aromatic nitrogens is 3. The lowest BCUT2D eigenvalue weighted by atomic mass is 9.77. The summed E-state index contributed by atoms with van der Waals surface area (Å²) in [5.41, 5.74) is 0.862. The molecule has 7 nitrogen and oxygen atoms in total. The summed E-state index contributed by atoms with van der Waals surface area (Å²) in [6, 6.07) is 1.84. The van der Waals surface area contributed by atoms with Crippen molar-refractivity contribution in [2.45, 2.75) is 48.8 Å². The first-order chi connectivity index (χ1) is 16.0. The van der Waals surface area contributed by atoms with Crippen molar-refractivity contribution < 1.29 is 14.2 Å². The number of aliphatic hydroxyl groups excluding tert-OH is 1. The van der Waals surface area contributed by atoms with Crippen LogP contribution < -0.4 is 9.80 Å². The summed E-state index contributed by atoms with van der Waals surface area (Å²) in [5, 5.41) is 11.2. The van der Waals surface area contributed by atoms with Gasteiger partial charge in [0, 0.05) is 43.2 Å². The van der Waals surface area contributed by atoms with E-state index >= 15 is 0 Å². The molecule has 3 fully saturated rings. The maximum Gasteiger partial charge on any atom is 0.152 e. The number of alkyl halides is 1. The standard InChI is InChI=1S/C23H29ClFN5O2S/c1-15-8-23(14-32-15)3-6-29(7-4-23)21-17(13-31)28-19(10-27-21)33-18-2-5-26-22(20(18)24)30-11-16(9-25)12-30/h2,5,10,15-16,31H,3-4,6-9,11-14H2,1H3/t15-/m0/s1. The van der Waals surface area contributed by atoms with Crippen LogP contribution in [0.5, 0.6) is 0 Å². The molecule has 0 saturated carbocycles. The van der Waals surface area contributed by atoms with Crippen LogP contribution in [0.3, 0.4) is 0 Å². The molecule has 3 aliphatic rings. The van der Waals surface area contributed by atoms with Crippen molar-refractivity contribution >= 4 is 35.0 Å². The van der Waals surface area contributed by atoms with E-state index in [1.807, 2.05) is 11.0 Å². The van der Waals surface area contributed by atoms with E-state index in [-0.39, 0.29) is 24.6 Å². The van der Waals surface area contributed by atoms with Gasteiger partial charge in [0.2, 0.25) is 0 Å². The number of aliphatic hydroxyl groups is 1. The largest absolute Gasteiger partial charge is 0.390 e. The lowest BCUT2D eigenvalue weighted by Crippen LogP contribution is -2.48. The number of hydrogen-bond acceptors (Lipinski definition) is 8. The Labute approximate surface area is 202 Å². The Kier molecular flexibility index (Phi) is 6.66. The maximum atomic E-state index is 12.8. The van der Waals surface area contributed by atoms with E-state index in [4.69, 9.17) is 16.3 Å². The molecular weight excluding hydrogens is 465 g/mol. The van der Waals surface area contributed by atoms with Crippen molar-refractivity contribution in [1.82, 2.24) is 15.0 Å². The zero-order valence-electron chi connectivity index (χ0n) is 18.7. The van der Waals surface area contributed by atoms with Crippen LogP contribution in [-0.2, 0) is 11.3 Å². The van der Waals surface area contributed by atoms with Gasteiger partial charge in [-0.3, -0.25) is 4.39 Å². The molecule has 0 amide bonds. The first-order valence-corrected chi connectivity index (χ1v) is 12.7. The molecule has 2 aromatic heterocycles. The second kappa shape index (κ2) is 9.52. The summed E-state index contributed by atoms with van der Waals surface area (Å²) in [6.45, 7) is 5.53. The van der Waals surface area contributed by atoms with E-state index in [2.05, 4.69) is 26.8 Å². The highest BCUT2D eigenvalue weighted by atomic mass is 35.5. The molecule has 1 atom stereocenters. The van der Waals surface area contributed by atoms with Crippen molar-refractivity contribution in [2.75, 3.05) is 49.3 Å². The first-order valence-electron chi connectivity index (χ1n) is 11.5. The van der Waals surface area contributed by atoms with E-state index < -0.39 is 0 Å². The Bertz CT molecular complexity index is 1000. The van der Waals surface area contributed by atoms with E-state index in [9.17, 15) is 9.50 Å². The summed E-state index contributed by atoms with van der Waals surface area (Å²) >= 11 is 8.01. The van der Waals surface area contributed by atoms with E-state index in [1.165, 1.54) is 11.8 Å². The molecule has 0 bridgehead atoms. The minimum Gasteiger partial charge on any atom is -0.390 e. The number of rotatable bonds is 6. The molecular formula is C23H29ClFN5O2S. The van der Waals surface area contributed by atoms with Gasteiger partial charge in [-0.05, 0) is 37.7 Å². The third kappa shape index (κ3) is 4.65. The smallest absolute Gasteiger partial charge is 0.152 e. The summed E-state index contributed by atoms with van der Waals surface area (Å²) in [6.07, 6.45) is 7.04. The lowest BCUT2D eigenvalue weighted by molar-refractivity contribution is 0.0975. The highest BCUT2D eigenvalue weighted by Crippen LogP contribution is 2.43. The second-order valence-electron chi connectivity index (χ2n) is 9.42. The number of hydrogen-bond donors (Lipinski definition) is 1. The highest BCUT2D eigenvalue weighted by Gasteiger charge is 2.41. The minimum absolute atomic E-state index is 0.0546. The average Bonchev–Trinajstić information content (AvgIpc) is 3.16. The molecule has 178 valence electrons. The quantitative estimate of drug-likeness (QED) is 0.648. The fraction of sp³-hybridized carbons (Fsp3) is 0.609. The second-order valence-corrected chi connectivity index (χ2v) is 10.9. The Morgan fingerprint density at radius 2 is 2.03 bits per heavy atom. The Morgan fingerprint density at radius 3 is 2.70 bits per heavy atom. The molecule has 10 heteroatoms. The summed E-state index contributed by atoms with van der Waals surface area (Å²) in [4.78, 5) is 18.8. The van der Waals surface area contributed by atoms with Crippen LogP contribution in [-0.4, -0.2) is 65.6 Å². The van der Waals surface area contributed by atoms with Gasteiger partial charge in [-0.1, -0.05) is 23.4 Å². The number of pyridine rings is 1. The van der Waals surface area contributed by atoms with Gasteiger partial charge in [-0.15, -0.1) is 0 Å². The SMILES string of the molecule is C[C@H]1CC2(CCN(c3ncc(Sc4ccnc(N5CC(CF)C5)c4Cl)nc3CO)CC2)CO1. The summed E-state index contributed by atoms with van der Waals surface area (Å²) in [5.74, 6) is 1.48. The number of nitrogens with zero attached hydrogens (tertiary/aromatic N) is 5. The van der Waals surface area contributed by atoms with Crippen LogP contribution in [0.1, 0.15) is 31.9 Å². The molecule has 5 heterocycles. The predicted molar refractivity (Wildman–Crippen MR) is 127 cm³/mol. The summed E-state index contributed by atoms with van der Waals surface area (Å²) < 4.78 is 18.6. The van der Waals surface area contributed by atoms with Crippen molar-refractivity contribution in [3.8, 4) is 0 Å². The van der Waals surface area contributed by atoms with Crippen LogP contribution in [0, 0.1) is 11.3 Å². The topological polar surface area (TPSA) is 74.6 Å². The Balaban J connectivity index is 1.28. The number of halogens is 2. The number of piperidine rings is 1. The van der Waals surface area contributed by atoms with Gasteiger partial charge in [0.05, 0.1) is 37.2 Å². The molecule has 1 spiro atoms. The van der Waals surface area contributed by atoms with Gasteiger partial charge in [0.25, 0.3) is 0 Å². The zero-order valence-corrected chi connectivity index (χ0v) is 20.3. The molecule has 0 radical (unpaired) electrons. The van der Waals surface area contributed by atoms with Gasteiger partial charge in [-0.2, -0.15) is 0 Å². The summed E-state index contributed by atoms with van der Waals surface area (Å²) in [7, 11) is 0. The molecule has 33 heavy (non-hydrogen) atoms. The average molecular weight is 494 g/mol. The molecule has 0 aromatic carbocycles. The third-order valence-electron chi connectivity index (χ3n) is 6.99. The Hall–Kier alpha value is -1.68. The number of ether oxygens (including phenoxy) is 1. The fourth-order valence-electron chi connectivity index (χ4n) is 5.08. The van der Waals surface area contributed by atoms with Gasteiger partial charge in [0.15, 0.2) is 5.82 Å². The van der Waals surface area contributed by atoms with Crippen LogP contribution in [0.15, 0.2) is 28.4 Å². The van der Waals surface area contributed by atoms with Gasteiger partial charge in [0.1, 0.15) is 16.5 Å². The fourth-order valence-corrected chi connectivity index (χ4v) is 6.22. The van der Waals surface area contributed by atoms with Crippen LogP contribution in [0.4, 0.5) is 16.0 Å². The molecule has 2 aromatic rings. The van der Waals surface area contributed by atoms with Crippen LogP contribution in [0.2, 0.25) is 5.02 Å². The molecule has 5 rings (SSSR count).